The third kappa shape index (κ3) is 5.39. The molecule has 1 fully saturated rings. The van der Waals surface area contributed by atoms with Crippen LogP contribution in [0.2, 0.25) is 0 Å². The molecule has 0 saturated carbocycles. The van der Waals surface area contributed by atoms with Gasteiger partial charge in [-0.05, 0) is 103 Å². The van der Waals surface area contributed by atoms with E-state index in [0.29, 0.717) is 11.3 Å². The average Bonchev–Trinajstić information content (AvgIpc) is 2.74. The summed E-state index contributed by atoms with van der Waals surface area (Å²) in [5, 5.41) is 3.00. The van der Waals surface area contributed by atoms with Crippen molar-refractivity contribution in [1.82, 2.24) is 0 Å². The minimum absolute atomic E-state index is 0.138. The maximum atomic E-state index is 12.9. The maximum absolute atomic E-state index is 12.9. The quantitative estimate of drug-likeness (QED) is 0.613. The number of hydrogen-bond acceptors (Lipinski definition) is 5. The van der Waals surface area contributed by atoms with Gasteiger partial charge in [0.15, 0.2) is 0 Å². The van der Waals surface area contributed by atoms with Crippen LogP contribution in [0.3, 0.4) is 0 Å². The Labute approximate surface area is 203 Å². The molecule has 1 heterocycles. The Morgan fingerprint density at radius 3 is 2.21 bits per heavy atom. The number of carbonyl (C=O) groups excluding carboxylic acids is 1. The fraction of sp³-hybridized carbons (Fsp3) is 0.500. The van der Waals surface area contributed by atoms with Gasteiger partial charge in [-0.1, -0.05) is 0 Å². The van der Waals surface area contributed by atoms with Crippen LogP contribution in [0.4, 0.5) is 17.1 Å². The second-order valence-electron chi connectivity index (χ2n) is 10.2. The van der Waals surface area contributed by atoms with E-state index in [-0.39, 0.29) is 24.2 Å². The number of morpholine rings is 1. The number of rotatable bonds is 5. The molecule has 0 bridgehead atoms. The highest BCUT2D eigenvalue weighted by molar-refractivity contribution is 7.94. The van der Waals surface area contributed by atoms with Gasteiger partial charge in [-0.15, -0.1) is 0 Å². The molecule has 34 heavy (non-hydrogen) atoms. The molecule has 1 amide bonds. The second-order valence-corrected chi connectivity index (χ2v) is 12.6. The number of anilines is 3. The second kappa shape index (κ2) is 9.58. The number of nitrogens with zero attached hydrogens (tertiary/aromatic N) is 1. The van der Waals surface area contributed by atoms with Crippen LogP contribution in [0.15, 0.2) is 36.4 Å². The summed E-state index contributed by atoms with van der Waals surface area (Å²) in [4.78, 5) is 15.3. The van der Waals surface area contributed by atoms with E-state index < -0.39 is 14.8 Å². The Kier molecular flexibility index (Phi) is 7.34. The number of sulfonamides is 1. The van der Waals surface area contributed by atoms with Gasteiger partial charge in [0.25, 0.3) is 5.91 Å². The van der Waals surface area contributed by atoms with Crippen molar-refractivity contribution in [2.24, 2.45) is 0 Å². The molecule has 0 spiro atoms. The zero-order valence-electron chi connectivity index (χ0n) is 21.4. The SMILES string of the molecule is Cc1c(NC(=O)c2ccc(NS(=O)(=O)C(C)(C)C)cc2)ccc(N2C[C@H](C)O[C@H](C)C2C)c1C. The van der Waals surface area contributed by atoms with E-state index in [1.54, 1.807) is 45.0 Å². The number of ether oxygens (including phenoxy) is 1. The van der Waals surface area contributed by atoms with E-state index in [2.05, 4.69) is 48.7 Å². The van der Waals surface area contributed by atoms with Gasteiger partial charge in [0.1, 0.15) is 0 Å². The predicted molar refractivity (Wildman–Crippen MR) is 139 cm³/mol. The smallest absolute Gasteiger partial charge is 0.255 e. The van der Waals surface area contributed by atoms with Crippen molar-refractivity contribution in [3.05, 3.63) is 53.1 Å². The fourth-order valence-electron chi connectivity index (χ4n) is 3.98. The summed E-state index contributed by atoms with van der Waals surface area (Å²) in [6, 6.07) is 10.7. The van der Waals surface area contributed by atoms with Crippen LogP contribution in [0.1, 0.15) is 63.0 Å². The van der Waals surface area contributed by atoms with E-state index in [0.717, 1.165) is 29.0 Å². The Hall–Kier alpha value is -2.58. The lowest BCUT2D eigenvalue weighted by atomic mass is 10.0. The first-order valence-electron chi connectivity index (χ1n) is 11.7. The zero-order chi connectivity index (χ0) is 25.4. The van der Waals surface area contributed by atoms with Crippen molar-refractivity contribution in [2.45, 2.75) is 78.4 Å². The molecule has 1 aliphatic rings. The minimum atomic E-state index is -3.53. The predicted octanol–water partition coefficient (Wildman–Crippen LogP) is 5.10. The van der Waals surface area contributed by atoms with Crippen molar-refractivity contribution in [1.29, 1.82) is 0 Å². The van der Waals surface area contributed by atoms with E-state index in [1.165, 1.54) is 0 Å². The average molecular weight is 488 g/mol. The van der Waals surface area contributed by atoms with Gasteiger partial charge < -0.3 is 15.0 Å². The molecule has 7 nitrogen and oxygen atoms in total. The molecule has 2 aromatic carbocycles. The van der Waals surface area contributed by atoms with E-state index in [9.17, 15) is 13.2 Å². The molecular formula is C26H37N3O4S. The van der Waals surface area contributed by atoms with Crippen molar-refractivity contribution >= 4 is 33.0 Å². The lowest BCUT2D eigenvalue weighted by Crippen LogP contribution is -2.52. The molecule has 1 saturated heterocycles. The molecule has 3 atom stereocenters. The fourth-order valence-corrected chi connectivity index (χ4v) is 4.74. The summed E-state index contributed by atoms with van der Waals surface area (Å²) in [6.45, 7) is 16.2. The molecular weight excluding hydrogens is 450 g/mol. The minimum Gasteiger partial charge on any atom is -0.372 e. The summed E-state index contributed by atoms with van der Waals surface area (Å²) in [6.07, 6.45) is 0.291. The van der Waals surface area contributed by atoms with Crippen LogP contribution in [-0.2, 0) is 14.8 Å². The Morgan fingerprint density at radius 2 is 1.62 bits per heavy atom. The van der Waals surface area contributed by atoms with E-state index in [4.69, 9.17) is 4.74 Å². The highest BCUT2D eigenvalue weighted by Crippen LogP contribution is 2.33. The number of benzene rings is 2. The first-order valence-corrected chi connectivity index (χ1v) is 13.2. The number of carbonyl (C=O) groups is 1. The van der Waals surface area contributed by atoms with E-state index in [1.807, 2.05) is 13.0 Å². The first-order chi connectivity index (χ1) is 15.7. The number of hydrogen-bond donors (Lipinski definition) is 2. The van der Waals surface area contributed by atoms with Gasteiger partial charge in [-0.2, -0.15) is 0 Å². The van der Waals surface area contributed by atoms with Gasteiger partial charge in [-0.3, -0.25) is 9.52 Å². The van der Waals surface area contributed by atoms with Gasteiger partial charge >= 0.3 is 0 Å². The van der Waals surface area contributed by atoms with Gasteiger partial charge in [0.05, 0.1) is 23.0 Å². The van der Waals surface area contributed by atoms with Crippen molar-refractivity contribution < 1.29 is 17.9 Å². The molecule has 186 valence electrons. The normalized spacial score (nSPS) is 21.3. The zero-order valence-corrected chi connectivity index (χ0v) is 22.2. The third-order valence-electron chi connectivity index (χ3n) is 6.59. The standard InChI is InChI=1S/C26H37N3O4S/c1-16-15-29(19(4)20(5)33-16)24-14-13-23(17(2)18(24)3)27-25(30)21-9-11-22(12-10-21)28-34(31,32)26(6,7)8/h9-14,16,19-20,28H,15H2,1-8H3,(H,27,30)/t16-,19?,20+/m0/s1. The summed E-state index contributed by atoms with van der Waals surface area (Å²) in [7, 11) is -3.53. The first kappa shape index (κ1) is 26.0. The molecule has 1 aliphatic heterocycles. The topological polar surface area (TPSA) is 87.7 Å². The molecule has 1 unspecified atom stereocenters. The molecule has 2 aromatic rings. The van der Waals surface area contributed by atoms with Crippen molar-refractivity contribution in [3.63, 3.8) is 0 Å². The maximum Gasteiger partial charge on any atom is 0.255 e. The summed E-state index contributed by atoms with van der Waals surface area (Å²) < 4.78 is 32.3. The van der Waals surface area contributed by atoms with Crippen LogP contribution < -0.4 is 14.9 Å². The summed E-state index contributed by atoms with van der Waals surface area (Å²) >= 11 is 0. The van der Waals surface area contributed by atoms with Crippen LogP contribution in [0.25, 0.3) is 0 Å². The molecule has 0 radical (unpaired) electrons. The van der Waals surface area contributed by atoms with Crippen LogP contribution in [-0.4, -0.2) is 43.9 Å². The monoisotopic (exact) mass is 487 g/mol. The number of amides is 1. The van der Waals surface area contributed by atoms with Gasteiger partial charge in [0.2, 0.25) is 10.0 Å². The van der Waals surface area contributed by atoms with Gasteiger partial charge in [0, 0.05) is 29.2 Å². The lowest BCUT2D eigenvalue weighted by molar-refractivity contribution is -0.0258. The Morgan fingerprint density at radius 1 is 1.00 bits per heavy atom. The highest BCUT2D eigenvalue weighted by atomic mass is 32.2. The Balaban J connectivity index is 1.76. The molecule has 0 aromatic heterocycles. The third-order valence-corrected chi connectivity index (χ3v) is 8.71. The van der Waals surface area contributed by atoms with Crippen LogP contribution >= 0.6 is 0 Å². The highest BCUT2D eigenvalue weighted by Gasteiger charge is 2.31. The summed E-state index contributed by atoms with van der Waals surface area (Å²) in [5.74, 6) is -0.248. The van der Waals surface area contributed by atoms with Crippen molar-refractivity contribution in [2.75, 3.05) is 21.5 Å². The lowest BCUT2D eigenvalue weighted by Gasteiger charge is -2.43. The molecule has 8 heteroatoms. The van der Waals surface area contributed by atoms with E-state index >= 15 is 0 Å². The Bertz CT molecular complexity index is 1150. The van der Waals surface area contributed by atoms with Crippen LogP contribution in [0.5, 0.6) is 0 Å². The summed E-state index contributed by atoms with van der Waals surface area (Å²) in [5.41, 5.74) is 4.92. The number of nitrogens with one attached hydrogen (secondary N) is 2. The van der Waals surface area contributed by atoms with Crippen LogP contribution in [0, 0.1) is 13.8 Å². The largest absolute Gasteiger partial charge is 0.372 e. The van der Waals surface area contributed by atoms with Crippen molar-refractivity contribution in [3.8, 4) is 0 Å². The molecule has 2 N–H and O–H groups in total. The molecule has 0 aliphatic carbocycles. The molecule has 3 rings (SSSR count). The van der Waals surface area contributed by atoms with Gasteiger partial charge in [-0.25, -0.2) is 8.42 Å².